The second-order valence-electron chi connectivity index (χ2n) is 31.8. The van der Waals surface area contributed by atoms with E-state index in [-0.39, 0.29) is 21.8 Å². The number of nitrogens with zero attached hydrogens (tertiary/aromatic N) is 20. The molecule has 0 aliphatic carbocycles. The number of alkyl halides is 9. The standard InChI is InChI=1S/C22H22F4N6O3S.2C22H23F3N6O3S.C22H25FN6O2S/c1-34-19(15-12-14(4-5-16(15)23)35-22(24,25)26)20(33)28-21-31-30-18(36-21)11-13-6-9-32(10-7-13)17-3-2-8-27-29-17;2*1-33-19(15-4-2-5-16(13-15)34-22(23,24)25)20(32)27-21-30-29-18(35-21)12-14-7-10-31(11-8-14)17-6-3-9-26-28-17;1-14-5-6-17(23)16(12-14)20(31-2)21(30)25-22-28-27-19(32-22)13-15-7-10-29(11-8-15)18-4-3-9-24-26-18/h2-5,8,12-13,19H,6-7,9-11H2,1H3,(H,28,31,33);2*2-6,9,13-14,19H,7-8,10-12H2,1H3,(H,27,30,32);3-6,9,12,15,20H,7-8,10-11,13H2,1-2H3,(H,25,28,30)/t3*19-;20-/m0101/s1. The predicted molar refractivity (Wildman–Crippen MR) is 486 cm³/mol. The molecule has 4 fully saturated rings. The minimum atomic E-state index is -4.96. The third-order valence-corrected chi connectivity index (χ3v) is 25.7. The van der Waals surface area contributed by atoms with E-state index in [2.05, 4.69) is 137 Å². The van der Waals surface area contributed by atoms with Gasteiger partial charge in [-0.05, 0) is 190 Å². The number of aryl methyl sites for hydroxylation is 1. The highest BCUT2D eigenvalue weighted by molar-refractivity contribution is 7.16. The fraction of sp³-hybridized carbons (Fsp3) is 0.409. The van der Waals surface area contributed by atoms with Crippen LogP contribution in [0.2, 0.25) is 0 Å². The second-order valence-corrected chi connectivity index (χ2v) is 36.0. The molecule has 138 heavy (non-hydrogen) atoms. The van der Waals surface area contributed by atoms with Crippen molar-refractivity contribution in [3.05, 3.63) is 218 Å². The Morgan fingerprint density at radius 2 is 0.609 bits per heavy atom. The molecule has 0 radical (unpaired) electrons. The van der Waals surface area contributed by atoms with Gasteiger partial charge in [0.15, 0.2) is 47.7 Å². The van der Waals surface area contributed by atoms with E-state index < -0.39 is 102 Å². The van der Waals surface area contributed by atoms with Crippen LogP contribution in [0.4, 0.5) is 92.1 Å². The van der Waals surface area contributed by atoms with Gasteiger partial charge in [-0.1, -0.05) is 87.3 Å². The minimum Gasteiger partial charge on any atom is -0.406 e. The number of nitrogens with one attached hydrogen (secondary N) is 4. The van der Waals surface area contributed by atoms with Gasteiger partial charge in [-0.2, -0.15) is 20.4 Å². The van der Waals surface area contributed by atoms with Crippen LogP contribution in [0.15, 0.2) is 158 Å². The highest BCUT2D eigenvalue weighted by Gasteiger charge is 2.37. The number of hydrogen-bond acceptors (Lipinski definition) is 35. The van der Waals surface area contributed by atoms with Crippen molar-refractivity contribution < 1.29 is 101 Å². The largest absolute Gasteiger partial charge is 0.573 e. The number of carbonyl (C=O) groups excluding carboxylic acids is 4. The van der Waals surface area contributed by atoms with E-state index in [1.807, 2.05) is 55.5 Å². The van der Waals surface area contributed by atoms with Gasteiger partial charge in [0.2, 0.25) is 20.5 Å². The normalized spacial score (nSPS) is 15.6. The van der Waals surface area contributed by atoms with Gasteiger partial charge < -0.3 is 52.8 Å². The lowest BCUT2D eigenvalue weighted by Gasteiger charge is -2.32. The van der Waals surface area contributed by atoms with E-state index in [1.165, 1.54) is 97.0 Å². The smallest absolute Gasteiger partial charge is 0.406 e. The summed E-state index contributed by atoms with van der Waals surface area (Å²) in [5, 5.41) is 80.1. The number of benzene rings is 4. The van der Waals surface area contributed by atoms with Crippen LogP contribution in [0.25, 0.3) is 0 Å². The average molecular weight is 2000 g/mol. The monoisotopic (exact) mass is 2000 g/mol. The number of aromatic nitrogens is 16. The van der Waals surface area contributed by atoms with E-state index in [0.29, 0.717) is 45.5 Å². The molecule has 4 aromatic carbocycles. The molecule has 0 spiro atoms. The third kappa shape index (κ3) is 30.7. The topological polar surface area (TPSA) is 400 Å². The maximum atomic E-state index is 14.3. The number of amides is 4. The first-order chi connectivity index (χ1) is 66.3. The Morgan fingerprint density at radius 3 is 0.877 bits per heavy atom. The Kier molecular flexibility index (Phi) is 36.2. The molecule has 35 nitrogen and oxygen atoms in total. The van der Waals surface area contributed by atoms with Crippen molar-refractivity contribution >= 4 is 113 Å². The molecular weight excluding hydrogens is 1910 g/mol. The van der Waals surface area contributed by atoms with Gasteiger partial charge in [0.25, 0.3) is 23.6 Å². The van der Waals surface area contributed by atoms with Crippen molar-refractivity contribution in [3.8, 4) is 17.2 Å². The van der Waals surface area contributed by atoms with Crippen molar-refractivity contribution in [3.63, 3.8) is 0 Å². The number of hydrogen-bond donors (Lipinski definition) is 4. The first-order valence-electron chi connectivity index (χ1n) is 43.1. The van der Waals surface area contributed by atoms with Gasteiger partial charge in [-0.25, -0.2) is 8.78 Å². The molecule has 4 aliphatic rings. The Hall–Kier alpha value is -13.0. The summed E-state index contributed by atoms with van der Waals surface area (Å²) in [4.78, 5) is 59.7. The Bertz CT molecular complexity index is 5710. The highest BCUT2D eigenvalue weighted by atomic mass is 32.1. The minimum absolute atomic E-state index is 0.178. The SMILES string of the molecule is CO[C@@H](C(=O)Nc1nnc(CC2CCN(c3cccnn3)CC2)s1)c1cc(C)ccc1F.CO[C@@H](C(=O)Nc1nnc(CC2CCN(c3cccnn3)CC2)s1)c1cccc(OC(F)(F)F)c1.CO[C@H](C(=O)Nc1nnc(CC2CCN(c3cccnn3)CC2)s1)c1cc(OC(F)(F)F)ccc1F.CO[C@H](C(=O)Nc1nnc(CC2CCN(c3cccnn3)CC2)s1)c1cccc(OC(F)(F)F)c1. The maximum Gasteiger partial charge on any atom is 0.573 e. The molecule has 4 aliphatic heterocycles. The van der Waals surface area contributed by atoms with E-state index in [4.69, 9.17) is 18.9 Å². The van der Waals surface area contributed by atoms with Crippen LogP contribution in [-0.2, 0) is 63.8 Å². The zero-order valence-corrected chi connectivity index (χ0v) is 77.8. The van der Waals surface area contributed by atoms with Crippen LogP contribution in [0, 0.1) is 42.2 Å². The van der Waals surface area contributed by atoms with Crippen molar-refractivity contribution in [1.82, 2.24) is 81.6 Å². The van der Waals surface area contributed by atoms with E-state index in [9.17, 15) is 67.5 Å². The van der Waals surface area contributed by atoms with E-state index in [1.54, 1.807) is 36.9 Å². The summed E-state index contributed by atoms with van der Waals surface area (Å²) in [6.45, 7) is 8.84. The molecule has 4 amide bonds. The molecule has 732 valence electrons. The number of halogens is 11. The van der Waals surface area contributed by atoms with Crippen molar-refractivity contribution in [1.29, 1.82) is 0 Å². The lowest BCUT2D eigenvalue weighted by molar-refractivity contribution is -0.275. The average Bonchev–Trinajstić information content (AvgIpc) is 1.21. The third-order valence-electron chi connectivity index (χ3n) is 22.2. The van der Waals surface area contributed by atoms with Crippen molar-refractivity contribution in [2.75, 3.05) is 122 Å². The van der Waals surface area contributed by atoms with E-state index in [0.717, 1.165) is 221 Å². The fourth-order valence-corrected chi connectivity index (χ4v) is 19.0. The van der Waals surface area contributed by atoms with Gasteiger partial charge in [0.1, 0.15) is 48.9 Å². The Labute approximate surface area is 798 Å². The first-order valence-corrected chi connectivity index (χ1v) is 46.4. The van der Waals surface area contributed by atoms with Gasteiger partial charge >= 0.3 is 19.1 Å². The van der Waals surface area contributed by atoms with Crippen LogP contribution in [-0.4, -0.2) is 205 Å². The van der Waals surface area contributed by atoms with E-state index >= 15 is 0 Å². The fourth-order valence-electron chi connectivity index (χ4n) is 15.6. The van der Waals surface area contributed by atoms with Crippen molar-refractivity contribution in [2.45, 2.75) is 127 Å². The molecule has 0 unspecified atom stereocenters. The van der Waals surface area contributed by atoms with Crippen LogP contribution in [0.3, 0.4) is 0 Å². The number of methoxy groups -OCH3 is 4. The number of anilines is 8. The number of carbonyl (C=O) groups is 4. The highest BCUT2D eigenvalue weighted by Crippen LogP contribution is 2.38. The Balaban J connectivity index is 0.000000155. The predicted octanol–water partition coefficient (Wildman–Crippen LogP) is 15.7. The zero-order chi connectivity index (χ0) is 97.9. The van der Waals surface area contributed by atoms with Crippen LogP contribution >= 0.6 is 45.3 Å². The molecule has 0 saturated carbocycles. The molecule has 8 aromatic heterocycles. The van der Waals surface area contributed by atoms with Crippen LogP contribution in [0.1, 0.15) is 124 Å². The number of piperidine rings is 4. The van der Waals surface area contributed by atoms with Gasteiger partial charge in [-0.15, -0.1) is 101 Å². The summed E-state index contributed by atoms with van der Waals surface area (Å²) in [6, 6.07) is 32.4. The quantitative estimate of drug-likeness (QED) is 0.0293. The summed E-state index contributed by atoms with van der Waals surface area (Å²) in [7, 11) is 5.10. The second kappa shape index (κ2) is 48.8. The Morgan fingerprint density at radius 1 is 0.341 bits per heavy atom. The summed E-state index contributed by atoms with van der Waals surface area (Å²) in [5.74, 6) is -0.138. The number of ether oxygens (including phenoxy) is 7. The molecule has 12 heterocycles. The molecule has 4 saturated heterocycles. The summed E-state index contributed by atoms with van der Waals surface area (Å²) < 4.78 is 174. The molecule has 50 heteroatoms. The summed E-state index contributed by atoms with van der Waals surface area (Å²) in [5.41, 5.74) is 1.07. The molecular formula is C88H93F11N24O11S4. The molecule has 16 rings (SSSR count). The summed E-state index contributed by atoms with van der Waals surface area (Å²) >= 11 is 5.05. The van der Waals surface area contributed by atoms with Crippen LogP contribution < -0.4 is 55.1 Å². The first kappa shape index (κ1) is 102. The van der Waals surface area contributed by atoms with Crippen molar-refractivity contribution in [2.24, 2.45) is 23.7 Å². The van der Waals surface area contributed by atoms with Gasteiger partial charge in [0, 0.05) is 142 Å². The molecule has 4 atom stereocenters. The zero-order valence-electron chi connectivity index (χ0n) is 74.5. The number of rotatable bonds is 31. The lowest BCUT2D eigenvalue weighted by Crippen LogP contribution is -2.34. The summed E-state index contributed by atoms with van der Waals surface area (Å²) in [6.07, 6.45) is -2.14. The molecule has 4 N–H and O–H groups in total. The molecule has 12 aromatic rings. The van der Waals surface area contributed by atoms with Gasteiger partial charge in [-0.3, -0.25) is 40.4 Å². The molecule has 0 bridgehead atoms. The maximum absolute atomic E-state index is 14.3. The van der Waals surface area contributed by atoms with Gasteiger partial charge in [0.05, 0.1) is 0 Å². The lowest BCUT2D eigenvalue weighted by atomic mass is 9.94. The van der Waals surface area contributed by atoms with Crippen LogP contribution in [0.5, 0.6) is 17.2 Å².